The van der Waals surface area contributed by atoms with E-state index in [1.54, 1.807) is 0 Å². The largest absolute Gasteiger partial charge is 0.393 e. The highest BCUT2D eigenvalue weighted by molar-refractivity contribution is 5.74. The van der Waals surface area contributed by atoms with Crippen molar-refractivity contribution in [3.05, 3.63) is 11.7 Å². The Hall–Kier alpha value is -1.63. The number of carbonyl (C=O) groups excluding carboxylic acids is 1. The van der Waals surface area contributed by atoms with Crippen molar-refractivity contribution in [3.63, 3.8) is 0 Å². The molecule has 0 atom stereocenters. The van der Waals surface area contributed by atoms with Crippen LogP contribution in [0.25, 0.3) is 0 Å². The van der Waals surface area contributed by atoms with Crippen LogP contribution in [-0.4, -0.2) is 33.4 Å². The summed E-state index contributed by atoms with van der Waals surface area (Å²) in [4.78, 5) is 16.1. The summed E-state index contributed by atoms with van der Waals surface area (Å²) in [5, 5.41) is 18.9. The minimum Gasteiger partial charge on any atom is -0.393 e. The first-order valence-corrected chi connectivity index (χ1v) is 7.40. The van der Waals surface area contributed by atoms with Crippen molar-refractivity contribution in [1.82, 2.24) is 20.8 Å². The first-order chi connectivity index (χ1) is 9.84. The molecule has 3 N–H and O–H groups in total. The van der Waals surface area contributed by atoms with E-state index in [2.05, 4.69) is 20.8 Å². The third kappa shape index (κ3) is 4.70. The minimum atomic E-state index is -0.238. The zero-order chi connectivity index (χ0) is 15.5. The van der Waals surface area contributed by atoms with E-state index in [9.17, 15) is 9.90 Å². The molecule has 0 spiro atoms. The lowest BCUT2D eigenvalue weighted by atomic mass is 9.93. The molecule has 1 aliphatic rings. The number of carbonyl (C=O) groups is 1. The zero-order valence-corrected chi connectivity index (χ0v) is 12.8. The summed E-state index contributed by atoms with van der Waals surface area (Å²) in [5.74, 6) is 1.02. The molecule has 0 aliphatic heterocycles. The van der Waals surface area contributed by atoms with E-state index in [1.165, 1.54) is 0 Å². The second-order valence-electron chi connectivity index (χ2n) is 6.60. The predicted octanol–water partition coefficient (Wildman–Crippen LogP) is 1.47. The Morgan fingerprint density at radius 1 is 1.33 bits per heavy atom. The second kappa shape index (κ2) is 6.43. The molecule has 1 aromatic rings. The molecule has 0 saturated heterocycles. The molecule has 0 aromatic carbocycles. The van der Waals surface area contributed by atoms with Gasteiger partial charge in [0.05, 0.1) is 12.6 Å². The molecule has 2 rings (SSSR count). The minimum absolute atomic E-state index is 0.129. The van der Waals surface area contributed by atoms with Gasteiger partial charge in [-0.1, -0.05) is 25.9 Å². The van der Waals surface area contributed by atoms with Crippen molar-refractivity contribution in [1.29, 1.82) is 0 Å². The van der Waals surface area contributed by atoms with Crippen LogP contribution < -0.4 is 10.6 Å². The van der Waals surface area contributed by atoms with Crippen LogP contribution in [0.1, 0.15) is 58.2 Å². The second-order valence-corrected chi connectivity index (χ2v) is 6.60. The third-order valence-corrected chi connectivity index (χ3v) is 3.55. The fourth-order valence-electron chi connectivity index (χ4n) is 2.25. The van der Waals surface area contributed by atoms with E-state index in [4.69, 9.17) is 4.52 Å². The van der Waals surface area contributed by atoms with Gasteiger partial charge in [-0.2, -0.15) is 4.98 Å². The van der Waals surface area contributed by atoms with Crippen molar-refractivity contribution in [2.75, 3.05) is 0 Å². The molecule has 7 heteroatoms. The number of rotatable bonds is 3. The van der Waals surface area contributed by atoms with Crippen molar-refractivity contribution >= 4 is 6.03 Å². The number of nitrogens with one attached hydrogen (secondary N) is 2. The van der Waals surface area contributed by atoms with Crippen LogP contribution in [0.5, 0.6) is 0 Å². The van der Waals surface area contributed by atoms with Crippen LogP contribution in [0.3, 0.4) is 0 Å². The fourth-order valence-corrected chi connectivity index (χ4v) is 2.25. The van der Waals surface area contributed by atoms with Gasteiger partial charge in [-0.25, -0.2) is 4.79 Å². The molecule has 1 aliphatic carbocycles. The molecule has 2 amide bonds. The van der Waals surface area contributed by atoms with Crippen molar-refractivity contribution in [2.45, 2.75) is 70.6 Å². The molecule has 0 radical (unpaired) electrons. The van der Waals surface area contributed by atoms with Crippen molar-refractivity contribution in [2.24, 2.45) is 0 Å². The Bertz CT molecular complexity index is 473. The van der Waals surface area contributed by atoms with Crippen molar-refractivity contribution in [3.8, 4) is 0 Å². The highest BCUT2D eigenvalue weighted by atomic mass is 16.5. The Morgan fingerprint density at radius 3 is 2.57 bits per heavy atom. The van der Waals surface area contributed by atoms with Gasteiger partial charge in [0.15, 0.2) is 5.82 Å². The van der Waals surface area contributed by atoms with Gasteiger partial charge in [0.25, 0.3) is 0 Å². The van der Waals surface area contributed by atoms with Crippen molar-refractivity contribution < 1.29 is 14.4 Å². The van der Waals surface area contributed by atoms with E-state index >= 15 is 0 Å². The summed E-state index contributed by atoms with van der Waals surface area (Å²) in [7, 11) is 0. The molecule has 7 nitrogen and oxygen atoms in total. The first-order valence-electron chi connectivity index (χ1n) is 7.40. The Morgan fingerprint density at radius 2 is 2.00 bits per heavy atom. The zero-order valence-electron chi connectivity index (χ0n) is 12.8. The van der Waals surface area contributed by atoms with Gasteiger partial charge < -0.3 is 20.3 Å². The number of urea groups is 1. The number of nitrogens with zero attached hydrogens (tertiary/aromatic N) is 2. The number of aliphatic hydroxyl groups is 1. The topological polar surface area (TPSA) is 100 Å². The molecule has 0 bridgehead atoms. The Balaban J connectivity index is 1.75. The molecule has 0 unspecified atom stereocenters. The monoisotopic (exact) mass is 296 g/mol. The van der Waals surface area contributed by atoms with Gasteiger partial charge >= 0.3 is 6.03 Å². The maximum atomic E-state index is 11.8. The molecular formula is C14H24N4O3. The maximum absolute atomic E-state index is 11.8. The number of hydrogen-bond acceptors (Lipinski definition) is 5. The van der Waals surface area contributed by atoms with Crippen LogP contribution in [0, 0.1) is 0 Å². The summed E-state index contributed by atoms with van der Waals surface area (Å²) in [6.45, 7) is 6.20. The third-order valence-electron chi connectivity index (χ3n) is 3.55. The van der Waals surface area contributed by atoms with Gasteiger partial charge in [-0.05, 0) is 25.7 Å². The number of aliphatic hydroxyl groups excluding tert-OH is 1. The predicted molar refractivity (Wildman–Crippen MR) is 76.6 cm³/mol. The number of hydrogen-bond donors (Lipinski definition) is 3. The number of amides is 2. The highest BCUT2D eigenvalue weighted by Gasteiger charge is 2.23. The van der Waals surface area contributed by atoms with Gasteiger partial charge in [-0.3, -0.25) is 0 Å². The first kappa shape index (κ1) is 15.8. The molecule has 118 valence electrons. The Kier molecular flexibility index (Phi) is 4.82. The van der Waals surface area contributed by atoms with E-state index in [-0.39, 0.29) is 30.1 Å². The standard InChI is InChI=1S/C14H24N4O3/c1-14(2,3)12-17-11(18-21-12)8-15-13(20)16-9-4-6-10(19)7-5-9/h9-10,19H,4-8H2,1-3H3,(H2,15,16,20). The lowest BCUT2D eigenvalue weighted by Crippen LogP contribution is -2.44. The van der Waals surface area contributed by atoms with Gasteiger partial charge in [0, 0.05) is 11.5 Å². The Labute approximate surface area is 124 Å². The summed E-state index contributed by atoms with van der Waals surface area (Å²) in [6.07, 6.45) is 2.88. The summed E-state index contributed by atoms with van der Waals surface area (Å²) in [6, 6.07) is -0.109. The van der Waals surface area contributed by atoms with Crippen LogP contribution in [0.2, 0.25) is 0 Å². The van der Waals surface area contributed by atoms with Crippen LogP contribution in [0.4, 0.5) is 4.79 Å². The quantitative estimate of drug-likeness (QED) is 0.784. The summed E-state index contributed by atoms with van der Waals surface area (Å²) < 4.78 is 5.16. The SMILES string of the molecule is CC(C)(C)c1nc(CNC(=O)NC2CCC(O)CC2)no1. The molecular weight excluding hydrogens is 272 g/mol. The number of aromatic nitrogens is 2. The van der Waals surface area contributed by atoms with Gasteiger partial charge in [0.1, 0.15) is 0 Å². The van der Waals surface area contributed by atoms with Gasteiger partial charge in [0.2, 0.25) is 5.89 Å². The van der Waals surface area contributed by atoms with E-state index in [1.807, 2.05) is 20.8 Å². The molecule has 1 fully saturated rings. The van der Waals surface area contributed by atoms with Crippen LogP contribution in [0.15, 0.2) is 4.52 Å². The van der Waals surface area contributed by atoms with Gasteiger partial charge in [-0.15, -0.1) is 0 Å². The lowest BCUT2D eigenvalue weighted by Gasteiger charge is -2.26. The molecule has 1 saturated carbocycles. The molecule has 21 heavy (non-hydrogen) atoms. The highest BCUT2D eigenvalue weighted by Crippen LogP contribution is 2.20. The fraction of sp³-hybridized carbons (Fsp3) is 0.786. The summed E-state index contributed by atoms with van der Waals surface area (Å²) >= 11 is 0. The van der Waals surface area contributed by atoms with E-state index < -0.39 is 0 Å². The maximum Gasteiger partial charge on any atom is 0.315 e. The lowest BCUT2D eigenvalue weighted by molar-refractivity contribution is 0.117. The average Bonchev–Trinajstić information content (AvgIpc) is 2.88. The normalized spacial score (nSPS) is 22.9. The average molecular weight is 296 g/mol. The van der Waals surface area contributed by atoms with E-state index in [0.29, 0.717) is 11.7 Å². The van der Waals surface area contributed by atoms with E-state index in [0.717, 1.165) is 25.7 Å². The van der Waals surface area contributed by atoms with Crippen LogP contribution in [-0.2, 0) is 12.0 Å². The summed E-state index contributed by atoms with van der Waals surface area (Å²) in [5.41, 5.74) is -0.198. The smallest absolute Gasteiger partial charge is 0.315 e. The molecule has 1 heterocycles. The molecule has 1 aromatic heterocycles. The van der Waals surface area contributed by atoms with Crippen LogP contribution >= 0.6 is 0 Å².